The average Bonchev–Trinajstić information content (AvgIpc) is 2.47. The highest BCUT2D eigenvalue weighted by Gasteiger charge is 2.20. The number of benzene rings is 2. The Morgan fingerprint density at radius 2 is 1.95 bits per heavy atom. The van der Waals surface area contributed by atoms with Crippen LogP contribution in [0.15, 0.2) is 53.4 Å². The van der Waals surface area contributed by atoms with Crippen LogP contribution in [-0.4, -0.2) is 21.3 Å². The van der Waals surface area contributed by atoms with Crippen molar-refractivity contribution in [2.24, 2.45) is 0 Å². The number of ether oxygens (including phenoxy) is 1. The second-order valence-corrected chi connectivity index (χ2v) is 7.23. The monoisotopic (exact) mass is 303 g/mol. The molecule has 0 spiro atoms. The predicted octanol–water partition coefficient (Wildman–Crippen LogP) is 2.77. The van der Waals surface area contributed by atoms with Gasteiger partial charge >= 0.3 is 0 Å². The first-order valence-electron chi connectivity index (χ1n) is 6.76. The number of hydrogen-bond acceptors (Lipinski definition) is 4. The normalized spacial score (nSPS) is 18.0. The molecule has 2 aromatic carbocycles. The fraction of sp³-hybridized carbons (Fsp3) is 0.250. The molecule has 1 aliphatic rings. The molecule has 0 bridgehead atoms. The highest BCUT2D eigenvalue weighted by atomic mass is 32.2. The summed E-state index contributed by atoms with van der Waals surface area (Å²) >= 11 is 0. The van der Waals surface area contributed by atoms with Gasteiger partial charge in [-0.3, -0.25) is 0 Å². The number of nitrogens with one attached hydrogen (secondary N) is 1. The molecule has 5 heteroatoms. The van der Waals surface area contributed by atoms with Gasteiger partial charge in [0, 0.05) is 11.9 Å². The van der Waals surface area contributed by atoms with Gasteiger partial charge in [0.05, 0.1) is 24.2 Å². The molecule has 0 amide bonds. The zero-order valence-corrected chi connectivity index (χ0v) is 12.6. The summed E-state index contributed by atoms with van der Waals surface area (Å²) in [5, 5.41) is 3.36. The van der Waals surface area contributed by atoms with E-state index in [0.717, 1.165) is 5.69 Å². The Hall–Kier alpha value is -1.85. The summed E-state index contributed by atoms with van der Waals surface area (Å²) in [7, 11) is -3.20. The molecule has 4 nitrogen and oxygen atoms in total. The molecular weight excluding hydrogens is 286 g/mol. The SMILES string of the molecule is CS(=O)(=O)c1cccc(NC2COCc3ccccc32)c1. The highest BCUT2D eigenvalue weighted by Crippen LogP contribution is 2.28. The van der Waals surface area contributed by atoms with Crippen molar-refractivity contribution in [3.8, 4) is 0 Å². The van der Waals surface area contributed by atoms with E-state index in [2.05, 4.69) is 17.4 Å². The van der Waals surface area contributed by atoms with E-state index in [1.54, 1.807) is 18.2 Å². The topological polar surface area (TPSA) is 55.4 Å². The van der Waals surface area contributed by atoms with E-state index in [1.165, 1.54) is 17.4 Å². The third-order valence-corrected chi connectivity index (χ3v) is 4.69. The van der Waals surface area contributed by atoms with Crippen molar-refractivity contribution in [2.75, 3.05) is 18.2 Å². The molecule has 0 aromatic heterocycles. The molecule has 2 aromatic rings. The summed E-state index contributed by atoms with van der Waals surface area (Å²) in [4.78, 5) is 0.317. The van der Waals surface area contributed by atoms with Crippen LogP contribution in [0.4, 0.5) is 5.69 Å². The van der Waals surface area contributed by atoms with Gasteiger partial charge in [0.15, 0.2) is 9.84 Å². The van der Waals surface area contributed by atoms with Crippen LogP contribution < -0.4 is 5.32 Å². The Bertz CT molecular complexity index is 756. The average molecular weight is 303 g/mol. The Balaban J connectivity index is 1.89. The lowest BCUT2D eigenvalue weighted by atomic mass is 9.99. The van der Waals surface area contributed by atoms with Crippen LogP contribution in [0.2, 0.25) is 0 Å². The van der Waals surface area contributed by atoms with Crippen molar-refractivity contribution in [3.63, 3.8) is 0 Å². The van der Waals surface area contributed by atoms with Crippen LogP contribution in [-0.2, 0) is 21.2 Å². The smallest absolute Gasteiger partial charge is 0.175 e. The van der Waals surface area contributed by atoms with Crippen molar-refractivity contribution >= 4 is 15.5 Å². The largest absolute Gasteiger partial charge is 0.376 e. The second kappa shape index (κ2) is 5.50. The van der Waals surface area contributed by atoms with E-state index in [-0.39, 0.29) is 6.04 Å². The number of hydrogen-bond donors (Lipinski definition) is 1. The zero-order valence-electron chi connectivity index (χ0n) is 11.7. The standard InChI is InChI=1S/C16H17NO3S/c1-21(18,19)14-7-4-6-13(9-14)17-16-11-20-10-12-5-2-3-8-15(12)16/h2-9,16-17H,10-11H2,1H3. The second-order valence-electron chi connectivity index (χ2n) is 5.21. The van der Waals surface area contributed by atoms with Crippen molar-refractivity contribution in [1.29, 1.82) is 0 Å². The molecule has 1 heterocycles. The van der Waals surface area contributed by atoms with Crippen molar-refractivity contribution in [3.05, 3.63) is 59.7 Å². The van der Waals surface area contributed by atoms with E-state index in [1.807, 2.05) is 18.2 Å². The van der Waals surface area contributed by atoms with Crippen LogP contribution in [0.3, 0.4) is 0 Å². The molecule has 0 saturated heterocycles. The van der Waals surface area contributed by atoms with Gasteiger partial charge in [-0.15, -0.1) is 0 Å². The predicted molar refractivity (Wildman–Crippen MR) is 82.0 cm³/mol. The minimum atomic E-state index is -3.20. The van der Waals surface area contributed by atoms with Gasteiger partial charge in [-0.2, -0.15) is 0 Å². The Kier molecular flexibility index (Phi) is 3.69. The first kappa shape index (κ1) is 14.1. The lowest BCUT2D eigenvalue weighted by Crippen LogP contribution is -2.23. The summed E-state index contributed by atoms with van der Waals surface area (Å²) in [5.41, 5.74) is 3.15. The maximum Gasteiger partial charge on any atom is 0.175 e. The number of rotatable bonds is 3. The van der Waals surface area contributed by atoms with Crippen molar-refractivity contribution in [2.45, 2.75) is 17.5 Å². The van der Waals surface area contributed by atoms with E-state index < -0.39 is 9.84 Å². The molecule has 110 valence electrons. The third-order valence-electron chi connectivity index (χ3n) is 3.58. The minimum Gasteiger partial charge on any atom is -0.376 e. The fourth-order valence-corrected chi connectivity index (χ4v) is 3.19. The summed E-state index contributed by atoms with van der Waals surface area (Å²) in [6.45, 7) is 1.19. The first-order chi connectivity index (χ1) is 10.0. The summed E-state index contributed by atoms with van der Waals surface area (Å²) in [6.07, 6.45) is 1.21. The van der Waals surface area contributed by atoms with Crippen LogP contribution >= 0.6 is 0 Å². The molecule has 0 radical (unpaired) electrons. The summed E-state index contributed by atoms with van der Waals surface area (Å²) in [5.74, 6) is 0. The highest BCUT2D eigenvalue weighted by molar-refractivity contribution is 7.90. The maximum atomic E-state index is 11.6. The van der Waals surface area contributed by atoms with Crippen LogP contribution in [0.25, 0.3) is 0 Å². The minimum absolute atomic E-state index is 0.0322. The van der Waals surface area contributed by atoms with E-state index >= 15 is 0 Å². The number of fused-ring (bicyclic) bond motifs is 1. The molecule has 0 fully saturated rings. The van der Waals surface area contributed by atoms with Gasteiger partial charge in [0.1, 0.15) is 0 Å². The van der Waals surface area contributed by atoms with Gasteiger partial charge in [-0.05, 0) is 29.3 Å². The van der Waals surface area contributed by atoms with E-state index in [9.17, 15) is 8.42 Å². The molecule has 1 atom stereocenters. The Morgan fingerprint density at radius 1 is 1.14 bits per heavy atom. The summed E-state index contributed by atoms with van der Waals surface area (Å²) in [6, 6.07) is 15.0. The zero-order chi connectivity index (χ0) is 14.9. The quantitative estimate of drug-likeness (QED) is 0.947. The first-order valence-corrected chi connectivity index (χ1v) is 8.65. The molecule has 1 aliphatic heterocycles. The Morgan fingerprint density at radius 3 is 2.76 bits per heavy atom. The summed E-state index contributed by atoms with van der Waals surface area (Å²) < 4.78 is 28.8. The van der Waals surface area contributed by atoms with E-state index in [4.69, 9.17) is 4.74 Å². The maximum absolute atomic E-state index is 11.6. The molecule has 3 rings (SSSR count). The third kappa shape index (κ3) is 3.09. The molecule has 0 aliphatic carbocycles. The fourth-order valence-electron chi connectivity index (χ4n) is 2.52. The van der Waals surface area contributed by atoms with Crippen LogP contribution in [0, 0.1) is 0 Å². The molecule has 1 unspecified atom stereocenters. The molecule has 0 saturated carbocycles. The van der Waals surface area contributed by atoms with Gasteiger partial charge in [-0.1, -0.05) is 30.3 Å². The van der Waals surface area contributed by atoms with Crippen molar-refractivity contribution < 1.29 is 13.2 Å². The van der Waals surface area contributed by atoms with Crippen LogP contribution in [0.5, 0.6) is 0 Å². The molecular formula is C16H17NO3S. The van der Waals surface area contributed by atoms with Gasteiger partial charge in [0.2, 0.25) is 0 Å². The van der Waals surface area contributed by atoms with Crippen LogP contribution in [0.1, 0.15) is 17.2 Å². The molecule has 1 N–H and O–H groups in total. The Labute approximate surface area is 124 Å². The van der Waals surface area contributed by atoms with Gasteiger partial charge < -0.3 is 10.1 Å². The van der Waals surface area contributed by atoms with Crippen molar-refractivity contribution in [1.82, 2.24) is 0 Å². The van der Waals surface area contributed by atoms with E-state index in [0.29, 0.717) is 18.1 Å². The lowest BCUT2D eigenvalue weighted by Gasteiger charge is -2.27. The van der Waals surface area contributed by atoms with Gasteiger partial charge in [0.25, 0.3) is 0 Å². The number of sulfone groups is 1. The lowest BCUT2D eigenvalue weighted by molar-refractivity contribution is 0.0970. The van der Waals surface area contributed by atoms with Gasteiger partial charge in [-0.25, -0.2) is 8.42 Å². The molecule has 21 heavy (non-hydrogen) atoms. The number of anilines is 1.